The first-order valence-electron chi connectivity index (χ1n) is 6.30. The molecular formula is C15H18N2O. The third-order valence-electron chi connectivity index (χ3n) is 2.90. The van der Waals surface area contributed by atoms with Gasteiger partial charge in [-0.2, -0.15) is 0 Å². The van der Waals surface area contributed by atoms with Gasteiger partial charge >= 0.3 is 0 Å². The van der Waals surface area contributed by atoms with E-state index in [-0.39, 0.29) is 5.91 Å². The quantitative estimate of drug-likeness (QED) is 0.895. The van der Waals surface area contributed by atoms with E-state index in [0.29, 0.717) is 18.0 Å². The number of carbonyl (C=O) groups excluding carboxylic acids is 1. The fraction of sp³-hybridized carbons (Fsp3) is 0.333. The van der Waals surface area contributed by atoms with Crippen LogP contribution in [-0.4, -0.2) is 17.4 Å². The molecule has 1 N–H and O–H groups in total. The molecule has 2 aromatic rings. The number of hydrogen-bond donors (Lipinski definition) is 1. The number of fused-ring (bicyclic) bond motifs is 1. The molecule has 0 aliphatic heterocycles. The molecule has 0 radical (unpaired) electrons. The average molecular weight is 242 g/mol. The maximum Gasteiger partial charge on any atom is 0.251 e. The lowest BCUT2D eigenvalue weighted by Gasteiger charge is -2.08. The van der Waals surface area contributed by atoms with Crippen molar-refractivity contribution in [2.75, 3.05) is 6.54 Å². The molecule has 0 aliphatic rings. The first kappa shape index (κ1) is 12.6. The van der Waals surface area contributed by atoms with Gasteiger partial charge in [-0.15, -0.1) is 0 Å². The smallest absolute Gasteiger partial charge is 0.251 e. The molecule has 1 aromatic carbocycles. The molecule has 1 aromatic heterocycles. The molecule has 2 rings (SSSR count). The Kier molecular flexibility index (Phi) is 3.92. The van der Waals surface area contributed by atoms with E-state index in [1.165, 1.54) is 0 Å². The molecule has 0 fully saturated rings. The van der Waals surface area contributed by atoms with E-state index in [9.17, 15) is 4.79 Å². The highest BCUT2D eigenvalue weighted by atomic mass is 16.1. The molecule has 0 atom stereocenters. The lowest BCUT2D eigenvalue weighted by molar-refractivity contribution is 0.0953. The summed E-state index contributed by atoms with van der Waals surface area (Å²) in [6.45, 7) is 5.01. The number of nitrogens with zero attached hydrogens (tertiary/aromatic N) is 1. The third-order valence-corrected chi connectivity index (χ3v) is 2.90. The van der Waals surface area contributed by atoms with E-state index in [2.05, 4.69) is 24.1 Å². The van der Waals surface area contributed by atoms with Crippen LogP contribution in [0.15, 0.2) is 36.5 Å². The summed E-state index contributed by atoms with van der Waals surface area (Å²) in [5, 5.41) is 3.86. The van der Waals surface area contributed by atoms with E-state index in [0.717, 1.165) is 17.3 Å². The minimum Gasteiger partial charge on any atom is -0.352 e. The number of pyridine rings is 1. The lowest BCUT2D eigenvalue weighted by Crippen LogP contribution is -2.25. The summed E-state index contributed by atoms with van der Waals surface area (Å²) in [6.07, 6.45) is 2.73. The molecule has 18 heavy (non-hydrogen) atoms. The van der Waals surface area contributed by atoms with Crippen molar-refractivity contribution in [3.63, 3.8) is 0 Å². The van der Waals surface area contributed by atoms with Gasteiger partial charge in [-0.05, 0) is 30.5 Å². The van der Waals surface area contributed by atoms with Gasteiger partial charge in [0.05, 0.1) is 5.52 Å². The molecule has 1 heterocycles. The van der Waals surface area contributed by atoms with Gasteiger partial charge in [-0.1, -0.05) is 26.0 Å². The zero-order chi connectivity index (χ0) is 13.0. The number of amides is 1. The van der Waals surface area contributed by atoms with E-state index in [4.69, 9.17) is 0 Å². The molecular weight excluding hydrogens is 224 g/mol. The van der Waals surface area contributed by atoms with Crippen molar-refractivity contribution in [1.82, 2.24) is 10.3 Å². The highest BCUT2D eigenvalue weighted by Crippen LogP contribution is 2.16. The molecule has 0 aliphatic carbocycles. The predicted octanol–water partition coefficient (Wildman–Crippen LogP) is 3.01. The van der Waals surface area contributed by atoms with Gasteiger partial charge in [0.15, 0.2) is 0 Å². The Hall–Kier alpha value is -1.90. The van der Waals surface area contributed by atoms with Crippen LogP contribution in [0.5, 0.6) is 0 Å². The Labute approximate surface area is 107 Å². The first-order valence-corrected chi connectivity index (χ1v) is 6.30. The van der Waals surface area contributed by atoms with Gasteiger partial charge in [0.1, 0.15) is 0 Å². The first-order chi connectivity index (χ1) is 8.68. The molecule has 0 saturated heterocycles. The summed E-state index contributed by atoms with van der Waals surface area (Å²) in [5.41, 5.74) is 1.55. The van der Waals surface area contributed by atoms with Gasteiger partial charge in [-0.25, -0.2) is 0 Å². The van der Waals surface area contributed by atoms with Crippen molar-refractivity contribution in [1.29, 1.82) is 0 Å². The van der Waals surface area contributed by atoms with Crippen LogP contribution >= 0.6 is 0 Å². The fourth-order valence-corrected chi connectivity index (χ4v) is 1.87. The highest BCUT2D eigenvalue weighted by molar-refractivity contribution is 6.06. The van der Waals surface area contributed by atoms with Crippen molar-refractivity contribution in [2.24, 2.45) is 5.92 Å². The van der Waals surface area contributed by atoms with Crippen molar-refractivity contribution in [3.05, 3.63) is 42.1 Å². The SMILES string of the molecule is CC(C)CCNC(=O)c1cccc2ncccc12. The normalized spacial score (nSPS) is 10.8. The van der Waals surface area contributed by atoms with Gasteiger partial charge < -0.3 is 5.32 Å². The second-order valence-corrected chi connectivity index (χ2v) is 4.81. The third kappa shape index (κ3) is 2.86. The topological polar surface area (TPSA) is 42.0 Å². The van der Waals surface area contributed by atoms with Crippen LogP contribution in [0.3, 0.4) is 0 Å². The Balaban J connectivity index is 2.17. The summed E-state index contributed by atoms with van der Waals surface area (Å²) in [5.74, 6) is 0.578. The monoisotopic (exact) mass is 242 g/mol. The molecule has 3 heteroatoms. The minimum absolute atomic E-state index is 0.0192. The number of aromatic nitrogens is 1. The Morgan fingerprint density at radius 3 is 2.89 bits per heavy atom. The van der Waals surface area contributed by atoms with Crippen molar-refractivity contribution in [3.8, 4) is 0 Å². The zero-order valence-corrected chi connectivity index (χ0v) is 10.8. The Morgan fingerprint density at radius 2 is 2.11 bits per heavy atom. The van der Waals surface area contributed by atoms with Crippen molar-refractivity contribution in [2.45, 2.75) is 20.3 Å². The van der Waals surface area contributed by atoms with E-state index >= 15 is 0 Å². The van der Waals surface area contributed by atoms with Crippen LogP contribution in [0.2, 0.25) is 0 Å². The molecule has 0 saturated carbocycles. The average Bonchev–Trinajstić information content (AvgIpc) is 2.37. The lowest BCUT2D eigenvalue weighted by atomic mass is 10.1. The summed E-state index contributed by atoms with van der Waals surface area (Å²) in [4.78, 5) is 16.4. The second-order valence-electron chi connectivity index (χ2n) is 4.81. The van der Waals surface area contributed by atoms with Gasteiger partial charge in [-0.3, -0.25) is 9.78 Å². The van der Waals surface area contributed by atoms with E-state index in [1.807, 2.05) is 30.3 Å². The predicted molar refractivity (Wildman–Crippen MR) is 73.5 cm³/mol. The number of carbonyl (C=O) groups is 1. The largest absolute Gasteiger partial charge is 0.352 e. The van der Waals surface area contributed by atoms with Crippen LogP contribution < -0.4 is 5.32 Å². The molecule has 1 amide bonds. The number of rotatable bonds is 4. The standard InChI is InChI=1S/C15H18N2O/c1-11(2)8-10-17-15(18)13-5-3-7-14-12(13)6-4-9-16-14/h3-7,9,11H,8,10H2,1-2H3,(H,17,18). The number of benzene rings is 1. The Bertz CT molecular complexity index is 544. The molecule has 3 nitrogen and oxygen atoms in total. The second kappa shape index (κ2) is 5.63. The maximum absolute atomic E-state index is 12.1. The van der Waals surface area contributed by atoms with Crippen molar-refractivity contribution >= 4 is 16.8 Å². The summed E-state index contributed by atoms with van der Waals surface area (Å²) < 4.78 is 0. The fourth-order valence-electron chi connectivity index (χ4n) is 1.87. The molecule has 0 bridgehead atoms. The van der Waals surface area contributed by atoms with Crippen molar-refractivity contribution < 1.29 is 4.79 Å². The van der Waals surface area contributed by atoms with Crippen LogP contribution in [0.4, 0.5) is 0 Å². The number of nitrogens with one attached hydrogen (secondary N) is 1. The van der Waals surface area contributed by atoms with Crippen LogP contribution in [0.25, 0.3) is 10.9 Å². The van der Waals surface area contributed by atoms with Gasteiger partial charge in [0.2, 0.25) is 0 Å². The molecule has 0 unspecified atom stereocenters. The highest BCUT2D eigenvalue weighted by Gasteiger charge is 2.09. The maximum atomic E-state index is 12.1. The molecule has 0 spiro atoms. The Morgan fingerprint density at radius 1 is 1.28 bits per heavy atom. The molecule has 94 valence electrons. The summed E-state index contributed by atoms with van der Waals surface area (Å²) in [7, 11) is 0. The van der Waals surface area contributed by atoms with E-state index in [1.54, 1.807) is 6.20 Å². The minimum atomic E-state index is -0.0192. The van der Waals surface area contributed by atoms with Crippen LogP contribution in [0, 0.1) is 5.92 Å². The number of hydrogen-bond acceptors (Lipinski definition) is 2. The van der Waals surface area contributed by atoms with Crippen LogP contribution in [-0.2, 0) is 0 Å². The summed E-state index contributed by atoms with van der Waals surface area (Å²) >= 11 is 0. The van der Waals surface area contributed by atoms with Gasteiger partial charge in [0, 0.05) is 23.7 Å². The van der Waals surface area contributed by atoms with Gasteiger partial charge in [0.25, 0.3) is 5.91 Å². The van der Waals surface area contributed by atoms with E-state index < -0.39 is 0 Å². The zero-order valence-electron chi connectivity index (χ0n) is 10.8. The summed E-state index contributed by atoms with van der Waals surface area (Å²) in [6, 6.07) is 9.41. The van der Waals surface area contributed by atoms with Crippen LogP contribution in [0.1, 0.15) is 30.6 Å².